The van der Waals surface area contributed by atoms with Gasteiger partial charge in [0.05, 0.1) is 6.26 Å². The molecule has 0 unspecified atom stereocenters. The average molecular weight is 348 g/mol. The number of aryl methyl sites for hydroxylation is 1. The second-order valence-electron chi connectivity index (χ2n) is 6.32. The molecule has 0 aliphatic carbocycles. The molecule has 0 spiro atoms. The van der Waals surface area contributed by atoms with Crippen LogP contribution in [0, 0.1) is 0 Å². The van der Waals surface area contributed by atoms with E-state index in [1.165, 1.54) is 18.9 Å². The van der Waals surface area contributed by atoms with E-state index in [4.69, 9.17) is 4.42 Å². The Morgan fingerprint density at radius 2 is 2.00 bits per heavy atom. The quantitative estimate of drug-likeness (QED) is 0.725. The summed E-state index contributed by atoms with van der Waals surface area (Å²) < 4.78 is 7.38. The zero-order chi connectivity index (χ0) is 17.8. The van der Waals surface area contributed by atoms with Crippen molar-refractivity contribution in [3.05, 3.63) is 60.3 Å². The summed E-state index contributed by atoms with van der Waals surface area (Å²) in [5, 5.41) is 11.5. The van der Waals surface area contributed by atoms with Gasteiger partial charge in [0.2, 0.25) is 5.91 Å². The summed E-state index contributed by atoms with van der Waals surface area (Å²) in [6.07, 6.45) is 9.22. The molecule has 26 heavy (non-hydrogen) atoms. The summed E-state index contributed by atoms with van der Waals surface area (Å²) in [5.74, 6) is 2.41. The molecule has 1 amide bonds. The van der Waals surface area contributed by atoms with E-state index in [0.29, 0.717) is 5.76 Å². The molecule has 4 rings (SSSR count). The minimum absolute atomic E-state index is 0.203. The lowest BCUT2D eigenvalue weighted by molar-refractivity contribution is -0.111. The number of nitrogens with one attached hydrogen (secondary N) is 1. The van der Waals surface area contributed by atoms with Crippen LogP contribution in [0.4, 0.5) is 5.69 Å². The maximum absolute atomic E-state index is 12.0. The van der Waals surface area contributed by atoms with Gasteiger partial charge in [-0.25, -0.2) is 0 Å². The Labute approximate surface area is 151 Å². The number of carbonyl (C=O) groups excluding carboxylic acids is 1. The van der Waals surface area contributed by atoms with Gasteiger partial charge in [-0.3, -0.25) is 4.79 Å². The molecule has 0 radical (unpaired) electrons. The monoisotopic (exact) mass is 348 g/mol. The number of rotatable bonds is 4. The van der Waals surface area contributed by atoms with Crippen molar-refractivity contribution in [1.82, 2.24) is 14.8 Å². The van der Waals surface area contributed by atoms with Crippen molar-refractivity contribution in [2.75, 3.05) is 5.32 Å². The van der Waals surface area contributed by atoms with Crippen LogP contribution in [-0.2, 0) is 17.8 Å². The molecule has 2 aromatic heterocycles. The molecule has 0 bridgehead atoms. The largest absolute Gasteiger partial charge is 0.465 e. The van der Waals surface area contributed by atoms with Crippen molar-refractivity contribution in [1.29, 1.82) is 0 Å². The molecule has 1 aliphatic heterocycles. The van der Waals surface area contributed by atoms with Gasteiger partial charge in [0, 0.05) is 30.3 Å². The average Bonchev–Trinajstić information content (AvgIpc) is 3.26. The van der Waals surface area contributed by atoms with E-state index in [1.54, 1.807) is 24.5 Å². The van der Waals surface area contributed by atoms with Crippen LogP contribution in [0.1, 0.15) is 30.8 Å². The smallest absolute Gasteiger partial charge is 0.248 e. The molecule has 6 nitrogen and oxygen atoms in total. The van der Waals surface area contributed by atoms with E-state index in [-0.39, 0.29) is 5.91 Å². The van der Waals surface area contributed by atoms with Crippen LogP contribution in [0.5, 0.6) is 0 Å². The molecule has 6 heteroatoms. The van der Waals surface area contributed by atoms with E-state index in [1.807, 2.05) is 24.3 Å². The van der Waals surface area contributed by atoms with Gasteiger partial charge in [0.1, 0.15) is 11.6 Å². The molecule has 1 aromatic carbocycles. The van der Waals surface area contributed by atoms with Crippen LogP contribution in [0.15, 0.2) is 53.2 Å². The van der Waals surface area contributed by atoms with Crippen molar-refractivity contribution in [3.8, 4) is 11.4 Å². The standard InChI is InChI=1S/C20H20N4O2/c25-19(12-11-17-5-4-14-26-17)21-16-9-7-15(8-10-16)20-23-22-18-6-2-1-3-13-24(18)20/h4-5,7-12,14H,1-3,6,13H2,(H,21,25)/b12-11+. The Morgan fingerprint density at radius 3 is 2.81 bits per heavy atom. The van der Waals surface area contributed by atoms with E-state index in [2.05, 4.69) is 20.1 Å². The molecule has 0 fully saturated rings. The molecule has 0 atom stereocenters. The molecule has 0 saturated carbocycles. The summed E-state index contributed by atoms with van der Waals surface area (Å²) in [6.45, 7) is 0.966. The highest BCUT2D eigenvalue weighted by molar-refractivity contribution is 6.01. The first-order valence-electron chi connectivity index (χ1n) is 8.85. The second-order valence-corrected chi connectivity index (χ2v) is 6.32. The van der Waals surface area contributed by atoms with Gasteiger partial charge < -0.3 is 14.3 Å². The Balaban J connectivity index is 1.45. The fourth-order valence-electron chi connectivity index (χ4n) is 3.13. The minimum atomic E-state index is -0.203. The Kier molecular flexibility index (Phi) is 4.64. The maximum Gasteiger partial charge on any atom is 0.248 e. The lowest BCUT2D eigenvalue weighted by Crippen LogP contribution is -2.07. The number of benzene rings is 1. The SMILES string of the molecule is O=C(/C=C/c1ccco1)Nc1ccc(-c2nnc3n2CCCCC3)cc1. The summed E-state index contributed by atoms with van der Waals surface area (Å²) in [6, 6.07) is 11.3. The molecule has 3 heterocycles. The number of hydrogen-bond acceptors (Lipinski definition) is 4. The van der Waals surface area contributed by atoms with Crippen LogP contribution in [0.3, 0.4) is 0 Å². The number of anilines is 1. The van der Waals surface area contributed by atoms with Gasteiger partial charge in [-0.1, -0.05) is 6.42 Å². The third-order valence-corrected chi connectivity index (χ3v) is 4.46. The van der Waals surface area contributed by atoms with Crippen molar-refractivity contribution >= 4 is 17.7 Å². The summed E-state index contributed by atoms with van der Waals surface area (Å²) >= 11 is 0. The van der Waals surface area contributed by atoms with Crippen molar-refractivity contribution in [3.63, 3.8) is 0 Å². The molecule has 3 aromatic rings. The lowest BCUT2D eigenvalue weighted by Gasteiger charge is -2.08. The van der Waals surface area contributed by atoms with Crippen LogP contribution in [0.2, 0.25) is 0 Å². The van der Waals surface area contributed by atoms with E-state index in [0.717, 1.165) is 42.3 Å². The van der Waals surface area contributed by atoms with Gasteiger partial charge >= 0.3 is 0 Å². The first kappa shape index (κ1) is 16.3. The van der Waals surface area contributed by atoms with E-state index >= 15 is 0 Å². The van der Waals surface area contributed by atoms with Crippen LogP contribution in [-0.4, -0.2) is 20.7 Å². The van der Waals surface area contributed by atoms with Gasteiger partial charge in [0.25, 0.3) is 0 Å². The predicted octanol–water partition coefficient (Wildman–Crippen LogP) is 3.92. The molecule has 1 aliphatic rings. The zero-order valence-electron chi connectivity index (χ0n) is 14.4. The van der Waals surface area contributed by atoms with Gasteiger partial charge in [-0.15, -0.1) is 10.2 Å². The third-order valence-electron chi connectivity index (χ3n) is 4.46. The zero-order valence-corrected chi connectivity index (χ0v) is 14.4. The highest BCUT2D eigenvalue weighted by atomic mass is 16.3. The number of aromatic nitrogens is 3. The van der Waals surface area contributed by atoms with E-state index in [9.17, 15) is 4.79 Å². The number of fused-ring (bicyclic) bond motifs is 1. The summed E-state index contributed by atoms with van der Waals surface area (Å²) in [7, 11) is 0. The summed E-state index contributed by atoms with van der Waals surface area (Å²) in [4.78, 5) is 12.0. The number of furan rings is 1. The first-order chi connectivity index (χ1) is 12.8. The molecular formula is C20H20N4O2. The minimum Gasteiger partial charge on any atom is -0.465 e. The number of amides is 1. The molecule has 132 valence electrons. The summed E-state index contributed by atoms with van der Waals surface area (Å²) in [5.41, 5.74) is 1.74. The van der Waals surface area contributed by atoms with Crippen LogP contribution in [0.25, 0.3) is 17.5 Å². The molecule has 0 saturated heterocycles. The number of carbonyl (C=O) groups is 1. The maximum atomic E-state index is 12.0. The second kappa shape index (κ2) is 7.39. The van der Waals surface area contributed by atoms with Crippen LogP contribution < -0.4 is 5.32 Å². The van der Waals surface area contributed by atoms with Gasteiger partial charge in [-0.05, 0) is 55.3 Å². The number of hydrogen-bond donors (Lipinski definition) is 1. The third kappa shape index (κ3) is 3.59. The van der Waals surface area contributed by atoms with Crippen LogP contribution >= 0.6 is 0 Å². The highest BCUT2D eigenvalue weighted by Crippen LogP contribution is 2.24. The fraction of sp³-hybridized carbons (Fsp3) is 0.250. The predicted molar refractivity (Wildman–Crippen MR) is 99.4 cm³/mol. The highest BCUT2D eigenvalue weighted by Gasteiger charge is 2.15. The van der Waals surface area contributed by atoms with Crippen molar-refractivity contribution < 1.29 is 9.21 Å². The fourth-order valence-corrected chi connectivity index (χ4v) is 3.13. The Morgan fingerprint density at radius 1 is 1.12 bits per heavy atom. The normalized spacial score (nSPS) is 14.2. The lowest BCUT2D eigenvalue weighted by atomic mass is 10.2. The van der Waals surface area contributed by atoms with E-state index < -0.39 is 0 Å². The number of nitrogens with zero attached hydrogens (tertiary/aromatic N) is 3. The first-order valence-corrected chi connectivity index (χ1v) is 8.85. The molecule has 1 N–H and O–H groups in total. The van der Waals surface area contributed by atoms with Gasteiger partial charge in [-0.2, -0.15) is 0 Å². The van der Waals surface area contributed by atoms with Gasteiger partial charge in [0.15, 0.2) is 5.82 Å². The van der Waals surface area contributed by atoms with Crippen molar-refractivity contribution in [2.45, 2.75) is 32.2 Å². The Hall–Kier alpha value is -3.15. The Bertz CT molecular complexity index is 908. The molecular weight excluding hydrogens is 328 g/mol. The van der Waals surface area contributed by atoms with Crippen molar-refractivity contribution in [2.24, 2.45) is 0 Å². The topological polar surface area (TPSA) is 73.0 Å².